The van der Waals surface area contributed by atoms with Crippen molar-refractivity contribution in [3.05, 3.63) is 70.3 Å². The van der Waals surface area contributed by atoms with Gasteiger partial charge in [0.25, 0.3) is 0 Å². The molecule has 0 bridgehead atoms. The summed E-state index contributed by atoms with van der Waals surface area (Å²) in [5.41, 5.74) is 8.82. The summed E-state index contributed by atoms with van der Waals surface area (Å²) in [6.45, 7) is 2.18. The predicted octanol–water partition coefficient (Wildman–Crippen LogP) is 6.88. The summed E-state index contributed by atoms with van der Waals surface area (Å²) in [6, 6.07) is 4.69. The molecule has 6 N–H and O–H groups in total. The van der Waals surface area contributed by atoms with Gasteiger partial charge < -0.3 is 21.3 Å². The number of nitrogens with two attached hydrogens (primary N) is 3. The lowest BCUT2D eigenvalue weighted by Crippen LogP contribution is -2.40. The SMILES string of the molecule is CCCCN(CC1CCC(CC(N)=O)CC1)c1nc2cc(F)c(F)cc2cc1CN(Cc1cc(C(F)(F)F)cc(C(F)(F)F)c1)/C(N)=N/N(C)N. The molecule has 1 heterocycles. The molecular formula is C34H42F8N8O. The van der Waals surface area contributed by atoms with E-state index in [0.29, 0.717) is 43.0 Å². The Kier molecular flexibility index (Phi) is 12.6. The van der Waals surface area contributed by atoms with E-state index in [2.05, 4.69) is 5.10 Å². The maximum atomic E-state index is 14.4. The van der Waals surface area contributed by atoms with Crippen molar-refractivity contribution < 1.29 is 39.9 Å². The summed E-state index contributed by atoms with van der Waals surface area (Å²) < 4.78 is 111. The van der Waals surface area contributed by atoms with E-state index in [1.807, 2.05) is 11.8 Å². The summed E-state index contributed by atoms with van der Waals surface area (Å²) in [4.78, 5) is 19.5. The van der Waals surface area contributed by atoms with Gasteiger partial charge in [-0.3, -0.25) is 4.79 Å². The van der Waals surface area contributed by atoms with Crippen molar-refractivity contribution in [1.82, 2.24) is 15.0 Å². The van der Waals surface area contributed by atoms with E-state index in [9.17, 15) is 39.9 Å². The first-order valence-electron chi connectivity index (χ1n) is 16.5. The number of hydrogen-bond acceptors (Lipinski definition) is 6. The number of benzene rings is 2. The molecule has 0 aliphatic heterocycles. The lowest BCUT2D eigenvalue weighted by molar-refractivity contribution is -0.143. The number of aromatic nitrogens is 1. The Morgan fingerprint density at radius 2 is 1.47 bits per heavy atom. The number of amides is 1. The summed E-state index contributed by atoms with van der Waals surface area (Å²) in [5, 5.41) is 4.99. The molecule has 0 atom stereocenters. The highest BCUT2D eigenvalue weighted by molar-refractivity contribution is 5.83. The third kappa shape index (κ3) is 10.8. The molecule has 1 amide bonds. The quantitative estimate of drug-likeness (QED) is 0.0575. The Balaban J connectivity index is 1.81. The molecule has 17 heteroatoms. The number of primary amides is 1. The minimum atomic E-state index is -5.08. The molecule has 51 heavy (non-hydrogen) atoms. The molecular weight excluding hydrogens is 688 g/mol. The van der Waals surface area contributed by atoms with Crippen LogP contribution in [0, 0.1) is 23.5 Å². The van der Waals surface area contributed by atoms with Gasteiger partial charge >= 0.3 is 12.4 Å². The van der Waals surface area contributed by atoms with E-state index in [1.165, 1.54) is 11.9 Å². The van der Waals surface area contributed by atoms with Crippen LogP contribution in [0.4, 0.5) is 40.9 Å². The summed E-state index contributed by atoms with van der Waals surface area (Å²) in [7, 11) is 1.32. The number of hydrazone groups is 1. The highest BCUT2D eigenvalue weighted by Crippen LogP contribution is 2.38. The van der Waals surface area contributed by atoms with E-state index < -0.39 is 41.7 Å². The Hall–Kier alpha value is -4.41. The predicted molar refractivity (Wildman–Crippen MR) is 177 cm³/mol. The minimum Gasteiger partial charge on any atom is -0.370 e. The van der Waals surface area contributed by atoms with Crippen LogP contribution < -0.4 is 22.2 Å². The fraction of sp³-hybridized carbons (Fsp3) is 0.500. The zero-order valence-corrected chi connectivity index (χ0v) is 28.3. The zero-order chi connectivity index (χ0) is 37.7. The van der Waals surface area contributed by atoms with Crippen molar-refractivity contribution >= 4 is 28.6 Å². The van der Waals surface area contributed by atoms with Crippen molar-refractivity contribution in [2.24, 2.45) is 34.2 Å². The molecule has 1 aliphatic rings. The average molecular weight is 731 g/mol. The van der Waals surface area contributed by atoms with Crippen LogP contribution in [-0.4, -0.2) is 47.0 Å². The highest BCUT2D eigenvalue weighted by Gasteiger charge is 2.37. The van der Waals surface area contributed by atoms with E-state index in [1.54, 1.807) is 6.07 Å². The third-order valence-corrected chi connectivity index (χ3v) is 8.90. The largest absolute Gasteiger partial charge is 0.416 e. The van der Waals surface area contributed by atoms with Crippen molar-refractivity contribution in [3.8, 4) is 0 Å². The lowest BCUT2D eigenvalue weighted by atomic mass is 9.80. The van der Waals surface area contributed by atoms with Gasteiger partial charge in [0.2, 0.25) is 11.9 Å². The monoisotopic (exact) mass is 730 g/mol. The number of hydrogen-bond donors (Lipinski definition) is 3. The van der Waals surface area contributed by atoms with Gasteiger partial charge in [-0.25, -0.2) is 24.7 Å². The van der Waals surface area contributed by atoms with Crippen molar-refractivity contribution in [2.45, 2.75) is 77.3 Å². The second kappa shape index (κ2) is 16.3. The molecule has 280 valence electrons. The van der Waals surface area contributed by atoms with Gasteiger partial charge in [0.1, 0.15) is 5.82 Å². The molecule has 2 aromatic carbocycles. The molecule has 9 nitrogen and oxygen atoms in total. The van der Waals surface area contributed by atoms with Gasteiger partial charge in [-0.1, -0.05) is 13.3 Å². The third-order valence-electron chi connectivity index (χ3n) is 8.90. The number of fused-ring (bicyclic) bond motifs is 1. The fourth-order valence-corrected chi connectivity index (χ4v) is 6.42. The Labute approximate surface area is 290 Å². The standard InChI is InChI=1S/C34H42F8N8O/c1-3-4-9-49(17-21-7-5-20(6-8-21)12-30(43)51)31-24(13-23-14-27(35)28(36)16-29(23)46-31)19-50(32(44)47-48(2)45)18-22-10-25(33(37,38)39)15-26(11-22)34(40,41)42/h10-11,13-16,20-21H,3-9,12,17-19,45H2,1-2H3,(H2,43,51)(H2,44,47). The number of alkyl halides is 6. The number of carbonyl (C=O) groups is 1. The molecule has 3 aromatic rings. The van der Waals surface area contributed by atoms with Crippen molar-refractivity contribution in [3.63, 3.8) is 0 Å². The van der Waals surface area contributed by atoms with Crippen molar-refractivity contribution in [2.75, 3.05) is 25.0 Å². The first kappa shape index (κ1) is 39.4. The summed E-state index contributed by atoms with van der Waals surface area (Å²) in [6.07, 6.45) is -5.14. The molecule has 1 aliphatic carbocycles. The fourth-order valence-electron chi connectivity index (χ4n) is 6.42. The normalized spacial score (nSPS) is 17.1. The average Bonchev–Trinajstić information content (AvgIpc) is 3.02. The van der Waals surface area contributed by atoms with E-state index >= 15 is 0 Å². The second-order valence-electron chi connectivity index (χ2n) is 13.1. The molecule has 4 rings (SSSR count). The van der Waals surface area contributed by atoms with Crippen LogP contribution >= 0.6 is 0 Å². The van der Waals surface area contributed by atoms with Gasteiger partial charge in [-0.2, -0.15) is 26.3 Å². The number of pyridine rings is 1. The van der Waals surface area contributed by atoms with Gasteiger partial charge in [0.15, 0.2) is 11.6 Å². The van der Waals surface area contributed by atoms with E-state index in [-0.39, 0.29) is 52.8 Å². The minimum absolute atomic E-state index is 0.0327. The van der Waals surface area contributed by atoms with E-state index in [4.69, 9.17) is 22.3 Å². The topological polar surface area (TPSA) is 130 Å². The molecule has 1 fully saturated rings. The summed E-state index contributed by atoms with van der Waals surface area (Å²) in [5.74, 6) is 3.46. The molecule has 0 unspecified atom stereocenters. The first-order chi connectivity index (χ1) is 23.8. The van der Waals surface area contributed by atoms with Crippen molar-refractivity contribution in [1.29, 1.82) is 0 Å². The molecule has 1 aromatic heterocycles. The highest BCUT2D eigenvalue weighted by atomic mass is 19.4. The summed E-state index contributed by atoms with van der Waals surface area (Å²) >= 11 is 0. The van der Waals surface area contributed by atoms with Crippen LogP contribution in [0.25, 0.3) is 10.9 Å². The Morgan fingerprint density at radius 1 is 0.882 bits per heavy atom. The van der Waals surface area contributed by atoms with Crippen LogP contribution in [-0.2, 0) is 30.2 Å². The molecule has 0 radical (unpaired) electrons. The van der Waals surface area contributed by atoms with Gasteiger partial charge in [-0.15, -0.1) is 5.10 Å². The van der Waals surface area contributed by atoms with Gasteiger partial charge in [-0.05, 0) is 79.8 Å². The number of anilines is 1. The first-order valence-corrected chi connectivity index (χ1v) is 16.5. The van der Waals surface area contributed by atoms with E-state index in [0.717, 1.165) is 55.8 Å². The number of halogens is 8. The maximum absolute atomic E-state index is 14.4. The zero-order valence-electron chi connectivity index (χ0n) is 28.3. The maximum Gasteiger partial charge on any atom is 0.416 e. The Morgan fingerprint density at radius 3 is 2.02 bits per heavy atom. The molecule has 0 saturated heterocycles. The smallest absolute Gasteiger partial charge is 0.370 e. The number of carbonyl (C=O) groups excluding carboxylic acids is 1. The van der Waals surface area contributed by atoms with Crippen LogP contribution in [0.3, 0.4) is 0 Å². The van der Waals surface area contributed by atoms with Crippen LogP contribution in [0.2, 0.25) is 0 Å². The van der Waals surface area contributed by atoms with Gasteiger partial charge in [0, 0.05) is 56.7 Å². The van der Waals surface area contributed by atoms with Crippen LogP contribution in [0.15, 0.2) is 41.5 Å². The Bertz CT molecular complexity index is 1670. The number of nitrogens with zero attached hydrogens (tertiary/aromatic N) is 5. The lowest BCUT2D eigenvalue weighted by Gasteiger charge is -2.35. The number of guanidine groups is 1. The number of rotatable bonds is 13. The molecule has 1 saturated carbocycles. The number of unbranched alkanes of at least 4 members (excludes halogenated alkanes) is 1. The van der Waals surface area contributed by atoms with Crippen LogP contribution in [0.5, 0.6) is 0 Å². The number of hydrazine groups is 1. The van der Waals surface area contributed by atoms with Crippen LogP contribution in [0.1, 0.15) is 74.1 Å². The van der Waals surface area contributed by atoms with Gasteiger partial charge in [0.05, 0.1) is 16.6 Å². The molecule has 0 spiro atoms. The second-order valence-corrected chi connectivity index (χ2v) is 13.1.